The summed E-state index contributed by atoms with van der Waals surface area (Å²) in [6.45, 7) is 6.84. The molecule has 0 saturated carbocycles. The molecule has 1 aromatic carbocycles. The van der Waals surface area contributed by atoms with E-state index in [1.54, 1.807) is 0 Å². The van der Waals surface area contributed by atoms with E-state index in [1.165, 1.54) is 16.7 Å². The number of benzene rings is 1. The molecule has 0 heterocycles. The van der Waals surface area contributed by atoms with Gasteiger partial charge in [0.15, 0.2) is 0 Å². The van der Waals surface area contributed by atoms with Crippen LogP contribution in [-0.4, -0.2) is 0 Å². The molecule has 1 aliphatic carbocycles. The Morgan fingerprint density at radius 1 is 1.00 bits per heavy atom. The van der Waals surface area contributed by atoms with Crippen molar-refractivity contribution in [3.8, 4) is 0 Å². The highest BCUT2D eigenvalue weighted by atomic mass is 14.2. The predicted octanol–water partition coefficient (Wildman–Crippen LogP) is 4.45. The highest BCUT2D eigenvalue weighted by molar-refractivity contribution is 5.77. The molecule has 0 atom stereocenters. The summed E-state index contributed by atoms with van der Waals surface area (Å²) in [6.07, 6.45) is 5.78. The van der Waals surface area contributed by atoms with Gasteiger partial charge in [-0.05, 0) is 23.0 Å². The van der Waals surface area contributed by atoms with E-state index >= 15 is 0 Å². The van der Waals surface area contributed by atoms with Gasteiger partial charge in [-0.15, -0.1) is 0 Å². The molecule has 0 aromatic heterocycles. The molecular weight excluding hydrogens is 180 g/mol. The Labute approximate surface area is 92.3 Å². The van der Waals surface area contributed by atoms with Crippen LogP contribution in [-0.2, 0) is 0 Å². The molecule has 15 heavy (non-hydrogen) atoms. The molecule has 0 fully saturated rings. The lowest BCUT2D eigenvalue weighted by molar-refractivity contribution is 0.496. The van der Waals surface area contributed by atoms with Crippen molar-refractivity contribution in [2.75, 3.05) is 0 Å². The SMILES string of the molecule is CC(C)(C)C1=CC(c2ccccc2)=CC1. The summed E-state index contributed by atoms with van der Waals surface area (Å²) < 4.78 is 0. The Balaban J connectivity index is 2.26. The maximum absolute atomic E-state index is 2.34. The number of rotatable bonds is 1. The second-order valence-corrected chi connectivity index (χ2v) is 5.15. The third-order valence-electron chi connectivity index (χ3n) is 2.94. The van der Waals surface area contributed by atoms with Gasteiger partial charge in [0.1, 0.15) is 0 Å². The Hall–Kier alpha value is -1.30. The lowest BCUT2D eigenvalue weighted by Crippen LogP contribution is -2.07. The second kappa shape index (κ2) is 3.69. The van der Waals surface area contributed by atoms with E-state index in [2.05, 4.69) is 63.3 Å². The smallest absolute Gasteiger partial charge is 0.0121 e. The summed E-state index contributed by atoms with van der Waals surface area (Å²) in [5.74, 6) is 0. The lowest BCUT2D eigenvalue weighted by atomic mass is 9.86. The second-order valence-electron chi connectivity index (χ2n) is 5.15. The Kier molecular flexibility index (Phi) is 2.52. The van der Waals surface area contributed by atoms with Crippen LogP contribution in [0.15, 0.2) is 48.1 Å². The van der Waals surface area contributed by atoms with Crippen molar-refractivity contribution in [1.82, 2.24) is 0 Å². The molecule has 0 bridgehead atoms. The van der Waals surface area contributed by atoms with Crippen LogP contribution in [0.5, 0.6) is 0 Å². The molecule has 0 nitrogen and oxygen atoms in total. The minimum atomic E-state index is 0.299. The van der Waals surface area contributed by atoms with E-state index in [-0.39, 0.29) is 0 Å². The van der Waals surface area contributed by atoms with Crippen molar-refractivity contribution in [3.05, 3.63) is 53.6 Å². The summed E-state index contributed by atoms with van der Waals surface area (Å²) in [7, 11) is 0. The standard InChI is InChI=1S/C15H18/c1-15(2,3)14-10-9-13(11-14)12-7-5-4-6-8-12/h4-9,11H,10H2,1-3H3. The summed E-state index contributed by atoms with van der Waals surface area (Å²) in [4.78, 5) is 0. The van der Waals surface area contributed by atoms with Crippen molar-refractivity contribution in [1.29, 1.82) is 0 Å². The molecule has 0 saturated heterocycles. The highest BCUT2D eigenvalue weighted by Crippen LogP contribution is 2.36. The van der Waals surface area contributed by atoms with E-state index in [1.807, 2.05) is 0 Å². The van der Waals surface area contributed by atoms with Gasteiger partial charge in [0, 0.05) is 0 Å². The molecule has 0 N–H and O–H groups in total. The quantitative estimate of drug-likeness (QED) is 0.625. The van der Waals surface area contributed by atoms with Crippen LogP contribution in [0.3, 0.4) is 0 Å². The van der Waals surface area contributed by atoms with E-state index in [4.69, 9.17) is 0 Å². The van der Waals surface area contributed by atoms with Gasteiger partial charge in [0.25, 0.3) is 0 Å². The van der Waals surface area contributed by atoms with Crippen molar-refractivity contribution < 1.29 is 0 Å². The van der Waals surface area contributed by atoms with Crippen molar-refractivity contribution in [3.63, 3.8) is 0 Å². The zero-order chi connectivity index (χ0) is 10.9. The molecular formula is C15H18. The molecule has 0 aliphatic heterocycles. The molecule has 0 radical (unpaired) electrons. The van der Waals surface area contributed by atoms with E-state index in [0.717, 1.165) is 6.42 Å². The van der Waals surface area contributed by atoms with Crippen LogP contribution >= 0.6 is 0 Å². The van der Waals surface area contributed by atoms with Crippen molar-refractivity contribution in [2.45, 2.75) is 27.2 Å². The van der Waals surface area contributed by atoms with Gasteiger partial charge < -0.3 is 0 Å². The first-order valence-corrected chi connectivity index (χ1v) is 5.54. The Bertz CT molecular complexity index is 399. The van der Waals surface area contributed by atoms with Gasteiger partial charge >= 0.3 is 0 Å². The summed E-state index contributed by atoms with van der Waals surface area (Å²) in [6, 6.07) is 10.6. The first-order chi connectivity index (χ1) is 7.07. The summed E-state index contributed by atoms with van der Waals surface area (Å²) in [5, 5.41) is 0. The predicted molar refractivity (Wildman–Crippen MR) is 66.6 cm³/mol. The maximum Gasteiger partial charge on any atom is -0.0121 e. The maximum atomic E-state index is 2.34. The highest BCUT2D eigenvalue weighted by Gasteiger charge is 2.19. The van der Waals surface area contributed by atoms with Gasteiger partial charge in [-0.25, -0.2) is 0 Å². The van der Waals surface area contributed by atoms with Crippen LogP contribution < -0.4 is 0 Å². The van der Waals surface area contributed by atoms with Gasteiger partial charge in [0.2, 0.25) is 0 Å². The average Bonchev–Trinajstić information content (AvgIpc) is 2.67. The van der Waals surface area contributed by atoms with Crippen LogP contribution in [0.1, 0.15) is 32.8 Å². The number of hydrogen-bond donors (Lipinski definition) is 0. The van der Waals surface area contributed by atoms with E-state index in [0.29, 0.717) is 5.41 Å². The zero-order valence-electron chi connectivity index (χ0n) is 9.75. The minimum Gasteiger partial charge on any atom is -0.0726 e. The van der Waals surface area contributed by atoms with Crippen LogP contribution in [0.4, 0.5) is 0 Å². The molecule has 78 valence electrons. The lowest BCUT2D eigenvalue weighted by Gasteiger charge is -2.19. The largest absolute Gasteiger partial charge is 0.0726 e. The van der Waals surface area contributed by atoms with Gasteiger partial charge in [-0.1, -0.05) is 68.8 Å². The number of allylic oxidation sites excluding steroid dienone is 4. The first-order valence-electron chi connectivity index (χ1n) is 5.54. The normalized spacial score (nSPS) is 16.2. The fourth-order valence-corrected chi connectivity index (χ4v) is 1.88. The molecule has 2 rings (SSSR count). The topological polar surface area (TPSA) is 0 Å². The van der Waals surface area contributed by atoms with Gasteiger partial charge in [-0.2, -0.15) is 0 Å². The van der Waals surface area contributed by atoms with Crippen LogP contribution in [0.2, 0.25) is 0 Å². The fraction of sp³-hybridized carbons (Fsp3) is 0.333. The van der Waals surface area contributed by atoms with E-state index in [9.17, 15) is 0 Å². The van der Waals surface area contributed by atoms with Crippen LogP contribution in [0.25, 0.3) is 5.57 Å². The molecule has 1 aliphatic rings. The van der Waals surface area contributed by atoms with Crippen LogP contribution in [0, 0.1) is 5.41 Å². The molecule has 0 spiro atoms. The Morgan fingerprint density at radius 3 is 2.20 bits per heavy atom. The fourth-order valence-electron chi connectivity index (χ4n) is 1.88. The van der Waals surface area contributed by atoms with Crippen molar-refractivity contribution >= 4 is 5.57 Å². The third kappa shape index (κ3) is 2.20. The number of hydrogen-bond acceptors (Lipinski definition) is 0. The molecule has 1 aromatic rings. The molecule has 0 unspecified atom stereocenters. The first kappa shape index (κ1) is 10.2. The van der Waals surface area contributed by atoms with Crippen molar-refractivity contribution in [2.24, 2.45) is 5.41 Å². The van der Waals surface area contributed by atoms with Gasteiger partial charge in [-0.3, -0.25) is 0 Å². The summed E-state index contributed by atoms with van der Waals surface area (Å²) in [5.41, 5.74) is 4.53. The Morgan fingerprint density at radius 2 is 1.67 bits per heavy atom. The summed E-state index contributed by atoms with van der Waals surface area (Å²) >= 11 is 0. The average molecular weight is 198 g/mol. The van der Waals surface area contributed by atoms with Gasteiger partial charge in [0.05, 0.1) is 0 Å². The molecule has 0 heteroatoms. The minimum absolute atomic E-state index is 0.299. The zero-order valence-corrected chi connectivity index (χ0v) is 9.75. The van der Waals surface area contributed by atoms with E-state index < -0.39 is 0 Å². The molecule has 0 amide bonds. The monoisotopic (exact) mass is 198 g/mol. The third-order valence-corrected chi connectivity index (χ3v) is 2.94.